The molecule has 2 heterocycles. The Labute approximate surface area is 155 Å². The Bertz CT molecular complexity index is 984. The number of nitrogens with one attached hydrogen (secondary N) is 1. The molecule has 9 heteroatoms. The molecule has 0 unspecified atom stereocenters. The van der Waals surface area contributed by atoms with E-state index in [1.165, 1.54) is 23.1 Å². The monoisotopic (exact) mass is 399 g/mol. The van der Waals surface area contributed by atoms with E-state index in [4.69, 9.17) is 28.9 Å². The molecule has 124 valence electrons. The van der Waals surface area contributed by atoms with E-state index in [0.717, 1.165) is 11.1 Å². The molecule has 2 aromatic heterocycles. The Hall–Kier alpha value is -1.54. The zero-order valence-corrected chi connectivity index (χ0v) is 15.3. The van der Waals surface area contributed by atoms with E-state index in [9.17, 15) is 9.59 Å². The van der Waals surface area contributed by atoms with Gasteiger partial charge >= 0.3 is 0 Å². The van der Waals surface area contributed by atoms with Crippen LogP contribution in [0.4, 0.5) is 0 Å². The summed E-state index contributed by atoms with van der Waals surface area (Å²) in [5, 5.41) is 3.73. The van der Waals surface area contributed by atoms with E-state index >= 15 is 0 Å². The normalized spacial score (nSPS) is 11.1. The average molecular weight is 400 g/mol. The maximum Gasteiger partial charge on any atom is 0.260 e. The predicted molar refractivity (Wildman–Crippen MR) is 100 cm³/mol. The van der Waals surface area contributed by atoms with E-state index in [-0.39, 0.29) is 17.9 Å². The quantitative estimate of drug-likeness (QED) is 0.502. The number of thioether (sulfide) groups is 1. The minimum atomic E-state index is -0.385. The number of carbonyl (C=O) groups is 1. The van der Waals surface area contributed by atoms with Gasteiger partial charge < -0.3 is 10.7 Å². The fraction of sp³-hybridized carbons (Fsp3) is 0.133. The van der Waals surface area contributed by atoms with Gasteiger partial charge in [-0.3, -0.25) is 9.59 Å². The fourth-order valence-electron chi connectivity index (χ4n) is 2.12. The van der Waals surface area contributed by atoms with E-state index in [1.807, 2.05) is 11.4 Å². The molecule has 0 spiro atoms. The Morgan fingerprint density at radius 3 is 2.83 bits per heavy atom. The summed E-state index contributed by atoms with van der Waals surface area (Å²) in [4.78, 5) is 31.0. The second-order valence-electron chi connectivity index (χ2n) is 4.89. The van der Waals surface area contributed by atoms with Crippen LogP contribution in [-0.2, 0) is 4.79 Å². The minimum Gasteiger partial charge on any atom is -0.370 e. The van der Waals surface area contributed by atoms with Crippen LogP contribution in [0, 0.1) is 0 Å². The molecule has 0 saturated carbocycles. The third-order valence-electron chi connectivity index (χ3n) is 3.24. The average Bonchev–Trinajstić information content (AvgIpc) is 2.94. The van der Waals surface area contributed by atoms with Gasteiger partial charge in [0, 0.05) is 23.1 Å². The van der Waals surface area contributed by atoms with Crippen molar-refractivity contribution in [1.82, 2.24) is 9.97 Å². The van der Waals surface area contributed by atoms with E-state index < -0.39 is 0 Å². The van der Waals surface area contributed by atoms with Crippen molar-refractivity contribution in [2.45, 2.75) is 11.6 Å². The summed E-state index contributed by atoms with van der Waals surface area (Å²) in [7, 11) is 0. The van der Waals surface area contributed by atoms with Gasteiger partial charge in [0.15, 0.2) is 5.16 Å². The number of carbonyl (C=O) groups excluding carboxylic acids is 1. The van der Waals surface area contributed by atoms with Gasteiger partial charge in [-0.05, 0) is 17.7 Å². The second-order valence-corrected chi connectivity index (χ2v) is 7.65. The molecule has 0 aliphatic rings. The van der Waals surface area contributed by atoms with Gasteiger partial charge in [-0.25, -0.2) is 4.98 Å². The third-order valence-corrected chi connectivity index (χ3v) is 5.73. The molecule has 0 atom stereocenters. The molecule has 0 aliphatic carbocycles. The molecular weight excluding hydrogens is 389 g/mol. The van der Waals surface area contributed by atoms with Crippen LogP contribution in [0.3, 0.4) is 0 Å². The van der Waals surface area contributed by atoms with Gasteiger partial charge in [0.1, 0.15) is 4.83 Å². The van der Waals surface area contributed by atoms with Crippen LogP contribution in [0.2, 0.25) is 10.0 Å². The molecule has 3 N–H and O–H groups in total. The van der Waals surface area contributed by atoms with Crippen LogP contribution < -0.4 is 11.3 Å². The summed E-state index contributed by atoms with van der Waals surface area (Å²) >= 11 is 14.7. The molecule has 1 amide bonds. The SMILES string of the molecule is NC(=O)CCSc1nc2scc(-c3ccc(Cl)c(Cl)c3)c2c(=O)[nH]1. The third kappa shape index (κ3) is 3.59. The summed E-state index contributed by atoms with van der Waals surface area (Å²) in [6.07, 6.45) is 0.228. The first kappa shape index (κ1) is 17.3. The van der Waals surface area contributed by atoms with Crippen LogP contribution in [0.5, 0.6) is 0 Å². The first-order valence-corrected chi connectivity index (χ1v) is 9.46. The number of nitrogens with two attached hydrogens (primary N) is 1. The number of fused-ring (bicyclic) bond motifs is 1. The predicted octanol–water partition coefficient (Wildman–Crippen LogP) is 3.93. The number of hydrogen-bond donors (Lipinski definition) is 2. The lowest BCUT2D eigenvalue weighted by Crippen LogP contribution is -2.12. The highest BCUT2D eigenvalue weighted by atomic mass is 35.5. The van der Waals surface area contributed by atoms with Crippen molar-refractivity contribution in [3.63, 3.8) is 0 Å². The number of amides is 1. The highest BCUT2D eigenvalue weighted by Crippen LogP contribution is 2.34. The first-order chi connectivity index (χ1) is 11.5. The van der Waals surface area contributed by atoms with E-state index in [2.05, 4.69) is 9.97 Å². The highest BCUT2D eigenvalue weighted by Gasteiger charge is 2.14. The molecule has 0 aliphatic heterocycles. The van der Waals surface area contributed by atoms with Crippen molar-refractivity contribution >= 4 is 62.4 Å². The van der Waals surface area contributed by atoms with Crippen molar-refractivity contribution < 1.29 is 4.79 Å². The fourth-order valence-corrected chi connectivity index (χ4v) is 4.24. The zero-order valence-electron chi connectivity index (χ0n) is 12.1. The van der Waals surface area contributed by atoms with Crippen LogP contribution in [-0.4, -0.2) is 21.6 Å². The number of nitrogens with zero attached hydrogens (tertiary/aromatic N) is 1. The Kier molecular flexibility index (Phi) is 5.15. The first-order valence-electron chi connectivity index (χ1n) is 6.83. The number of thiophene rings is 1. The second kappa shape index (κ2) is 7.14. The van der Waals surface area contributed by atoms with Crippen molar-refractivity contribution in [3.8, 4) is 11.1 Å². The largest absolute Gasteiger partial charge is 0.370 e. The van der Waals surface area contributed by atoms with Crippen molar-refractivity contribution in [2.75, 3.05) is 5.75 Å². The van der Waals surface area contributed by atoms with Gasteiger partial charge in [-0.15, -0.1) is 11.3 Å². The Balaban J connectivity index is 1.99. The molecule has 3 rings (SSSR count). The molecular formula is C15H11Cl2N3O2S2. The zero-order chi connectivity index (χ0) is 17.3. The van der Waals surface area contributed by atoms with Gasteiger partial charge in [-0.1, -0.05) is 41.0 Å². The lowest BCUT2D eigenvalue weighted by molar-refractivity contribution is -0.117. The molecule has 0 bridgehead atoms. The smallest absolute Gasteiger partial charge is 0.260 e. The van der Waals surface area contributed by atoms with E-state index in [1.54, 1.807) is 12.1 Å². The van der Waals surface area contributed by atoms with E-state index in [0.29, 0.717) is 31.2 Å². The number of aromatic amines is 1. The standard InChI is InChI=1S/C15H11Cl2N3O2S2/c16-9-2-1-7(5-10(9)17)8-6-24-14-12(8)13(22)19-15(20-14)23-4-3-11(18)21/h1-2,5-6H,3-4H2,(H2,18,21)(H,19,20,22). The van der Waals surface area contributed by atoms with Gasteiger partial charge in [0.25, 0.3) is 5.56 Å². The summed E-state index contributed by atoms with van der Waals surface area (Å²) in [5.41, 5.74) is 6.44. The van der Waals surface area contributed by atoms with Gasteiger partial charge in [0.05, 0.1) is 15.4 Å². The maximum absolute atomic E-state index is 12.5. The topological polar surface area (TPSA) is 88.8 Å². The lowest BCUT2D eigenvalue weighted by Gasteiger charge is -2.03. The number of hydrogen-bond acceptors (Lipinski definition) is 5. The van der Waals surface area contributed by atoms with Crippen molar-refractivity contribution in [1.29, 1.82) is 0 Å². The highest BCUT2D eigenvalue weighted by molar-refractivity contribution is 7.99. The minimum absolute atomic E-state index is 0.228. The van der Waals surface area contributed by atoms with Gasteiger partial charge in [-0.2, -0.15) is 0 Å². The molecule has 0 saturated heterocycles. The summed E-state index contributed by atoms with van der Waals surface area (Å²) in [6, 6.07) is 5.23. The van der Waals surface area contributed by atoms with Crippen LogP contribution >= 0.6 is 46.3 Å². The van der Waals surface area contributed by atoms with Crippen molar-refractivity contribution in [2.24, 2.45) is 5.73 Å². The Morgan fingerprint density at radius 1 is 1.33 bits per heavy atom. The molecule has 24 heavy (non-hydrogen) atoms. The summed E-state index contributed by atoms with van der Waals surface area (Å²) < 4.78 is 0. The Morgan fingerprint density at radius 2 is 2.12 bits per heavy atom. The molecule has 3 aromatic rings. The van der Waals surface area contributed by atoms with Crippen LogP contribution in [0.25, 0.3) is 21.3 Å². The number of halogens is 2. The molecule has 1 aromatic carbocycles. The van der Waals surface area contributed by atoms with Crippen LogP contribution in [0.1, 0.15) is 6.42 Å². The number of primary amides is 1. The lowest BCUT2D eigenvalue weighted by atomic mass is 10.1. The number of rotatable bonds is 5. The molecule has 0 radical (unpaired) electrons. The molecule has 5 nitrogen and oxygen atoms in total. The summed E-state index contributed by atoms with van der Waals surface area (Å²) in [6.45, 7) is 0. The number of aromatic nitrogens is 2. The molecule has 0 fully saturated rings. The van der Waals surface area contributed by atoms with Gasteiger partial charge in [0.2, 0.25) is 5.91 Å². The van der Waals surface area contributed by atoms with Crippen LogP contribution in [0.15, 0.2) is 33.5 Å². The summed E-state index contributed by atoms with van der Waals surface area (Å²) in [5.74, 6) is 0.0818. The van der Waals surface area contributed by atoms with Crippen molar-refractivity contribution in [3.05, 3.63) is 44.0 Å². The number of benzene rings is 1. The maximum atomic E-state index is 12.5. The number of H-pyrrole nitrogens is 1.